The van der Waals surface area contributed by atoms with Crippen LogP contribution in [0.2, 0.25) is 0 Å². The highest BCUT2D eigenvalue weighted by molar-refractivity contribution is 7.80. The number of thiophene rings is 1. The molecule has 3 rings (SSSR count). The lowest BCUT2D eigenvalue weighted by molar-refractivity contribution is 0.128. The molecule has 2 aliphatic rings. The number of hydrogen-bond donors (Lipinski definition) is 1. The van der Waals surface area contributed by atoms with Crippen molar-refractivity contribution in [3.8, 4) is 0 Å². The Morgan fingerprint density at radius 1 is 1.44 bits per heavy atom. The number of thiocarbonyl (C=S) groups is 1. The Balaban J connectivity index is 1.82. The van der Waals surface area contributed by atoms with Gasteiger partial charge in [0.1, 0.15) is 0 Å². The van der Waals surface area contributed by atoms with Gasteiger partial charge < -0.3 is 10.2 Å². The fourth-order valence-corrected chi connectivity index (χ4v) is 4.04. The van der Waals surface area contributed by atoms with Crippen molar-refractivity contribution in [3.63, 3.8) is 0 Å². The molecule has 2 amide bonds. The third-order valence-electron chi connectivity index (χ3n) is 3.86. The van der Waals surface area contributed by atoms with Crippen LogP contribution in [0.25, 0.3) is 0 Å². The Kier molecular flexibility index (Phi) is 3.35. The maximum atomic E-state index is 12.1. The van der Waals surface area contributed by atoms with Crippen LogP contribution in [0.1, 0.15) is 30.6 Å². The maximum absolute atomic E-state index is 12.1. The van der Waals surface area contributed by atoms with E-state index in [4.69, 9.17) is 12.2 Å². The molecule has 2 unspecified atom stereocenters. The van der Waals surface area contributed by atoms with E-state index in [-0.39, 0.29) is 6.03 Å². The molecule has 1 saturated heterocycles. The monoisotopic (exact) mass is 280 g/mol. The molecule has 1 aromatic heterocycles. The van der Waals surface area contributed by atoms with E-state index in [0.717, 1.165) is 17.8 Å². The topological polar surface area (TPSA) is 32.3 Å². The zero-order valence-corrected chi connectivity index (χ0v) is 11.7. The van der Waals surface area contributed by atoms with Gasteiger partial charge in [-0.3, -0.25) is 0 Å². The molecule has 1 N–H and O–H groups in total. The summed E-state index contributed by atoms with van der Waals surface area (Å²) < 4.78 is 0. The Labute approximate surface area is 116 Å². The first-order valence-electron chi connectivity index (χ1n) is 6.39. The van der Waals surface area contributed by atoms with Crippen LogP contribution in [-0.4, -0.2) is 22.0 Å². The standard InChI is InChI=1S/C13H16N2OS2/c16-13-14-12(17)10-5-1-2-6-11(10)15(13)8-9-4-3-7-18-9/h3-4,7,10-11H,1-2,5-6,8H2,(H,14,16,17). The summed E-state index contributed by atoms with van der Waals surface area (Å²) in [6, 6.07) is 4.41. The minimum atomic E-state index is -0.0171. The van der Waals surface area contributed by atoms with Crippen LogP contribution in [0.15, 0.2) is 17.5 Å². The molecule has 1 aliphatic carbocycles. The summed E-state index contributed by atoms with van der Waals surface area (Å²) in [4.78, 5) is 16.1. The third kappa shape index (κ3) is 2.17. The molecule has 0 spiro atoms. The van der Waals surface area contributed by atoms with E-state index in [2.05, 4.69) is 16.8 Å². The smallest absolute Gasteiger partial charge is 0.316 e. The van der Waals surface area contributed by atoms with Crippen molar-refractivity contribution in [2.45, 2.75) is 38.3 Å². The first-order chi connectivity index (χ1) is 8.75. The molecular formula is C13H16N2OS2. The third-order valence-corrected chi connectivity index (χ3v) is 5.13. The Morgan fingerprint density at radius 3 is 3.06 bits per heavy atom. The van der Waals surface area contributed by atoms with Gasteiger partial charge >= 0.3 is 6.03 Å². The Bertz CT molecular complexity index is 458. The zero-order chi connectivity index (χ0) is 12.5. The van der Waals surface area contributed by atoms with Gasteiger partial charge in [0, 0.05) is 16.8 Å². The summed E-state index contributed by atoms with van der Waals surface area (Å²) in [6.07, 6.45) is 4.64. The van der Waals surface area contributed by atoms with Crippen LogP contribution >= 0.6 is 23.6 Å². The Hall–Kier alpha value is -0.940. The predicted molar refractivity (Wildman–Crippen MR) is 76.7 cm³/mol. The van der Waals surface area contributed by atoms with Crippen molar-refractivity contribution in [2.24, 2.45) is 5.92 Å². The summed E-state index contributed by atoms with van der Waals surface area (Å²) in [7, 11) is 0. The number of urea groups is 1. The molecule has 3 nitrogen and oxygen atoms in total. The molecular weight excluding hydrogens is 264 g/mol. The van der Waals surface area contributed by atoms with Gasteiger partial charge in [0.15, 0.2) is 0 Å². The van der Waals surface area contributed by atoms with E-state index < -0.39 is 0 Å². The zero-order valence-electron chi connectivity index (χ0n) is 10.1. The largest absolute Gasteiger partial charge is 0.322 e. The van der Waals surface area contributed by atoms with Crippen molar-refractivity contribution in [3.05, 3.63) is 22.4 Å². The average Bonchev–Trinajstić information content (AvgIpc) is 2.87. The van der Waals surface area contributed by atoms with Gasteiger partial charge in [-0.05, 0) is 24.3 Å². The van der Waals surface area contributed by atoms with Crippen molar-refractivity contribution in [2.75, 3.05) is 0 Å². The van der Waals surface area contributed by atoms with Crippen LogP contribution in [0.3, 0.4) is 0 Å². The summed E-state index contributed by atoms with van der Waals surface area (Å²) in [6.45, 7) is 0.716. The molecule has 0 radical (unpaired) electrons. The number of amides is 2. The van der Waals surface area contributed by atoms with Gasteiger partial charge in [0.05, 0.1) is 11.5 Å². The number of nitrogens with zero attached hydrogens (tertiary/aromatic N) is 1. The molecule has 96 valence electrons. The van der Waals surface area contributed by atoms with Gasteiger partial charge in [0.25, 0.3) is 0 Å². The summed E-state index contributed by atoms with van der Waals surface area (Å²) in [5, 5.41) is 4.92. The van der Waals surface area contributed by atoms with Crippen molar-refractivity contribution < 1.29 is 4.79 Å². The average molecular weight is 280 g/mol. The van der Waals surface area contributed by atoms with E-state index in [1.807, 2.05) is 11.0 Å². The molecule has 1 aliphatic heterocycles. The fourth-order valence-electron chi connectivity index (χ4n) is 2.97. The molecule has 2 heterocycles. The van der Waals surface area contributed by atoms with E-state index >= 15 is 0 Å². The lowest BCUT2D eigenvalue weighted by atomic mass is 9.82. The molecule has 18 heavy (non-hydrogen) atoms. The highest BCUT2D eigenvalue weighted by Crippen LogP contribution is 2.33. The normalized spacial score (nSPS) is 27.9. The second kappa shape index (κ2) is 4.97. The van der Waals surface area contributed by atoms with E-state index in [0.29, 0.717) is 18.5 Å². The lowest BCUT2D eigenvalue weighted by Gasteiger charge is -2.44. The molecule has 1 saturated carbocycles. The second-order valence-corrected chi connectivity index (χ2v) is 6.43. The van der Waals surface area contributed by atoms with Gasteiger partial charge in [-0.15, -0.1) is 11.3 Å². The first kappa shape index (κ1) is 12.1. The van der Waals surface area contributed by atoms with E-state index in [1.165, 1.54) is 17.7 Å². The summed E-state index contributed by atoms with van der Waals surface area (Å²) in [5.74, 6) is 0.367. The highest BCUT2D eigenvalue weighted by atomic mass is 32.1. The van der Waals surface area contributed by atoms with Gasteiger partial charge in [-0.25, -0.2) is 4.79 Å². The van der Waals surface area contributed by atoms with Crippen LogP contribution in [0.4, 0.5) is 4.79 Å². The lowest BCUT2D eigenvalue weighted by Crippen LogP contribution is -2.59. The highest BCUT2D eigenvalue weighted by Gasteiger charge is 2.40. The molecule has 5 heteroatoms. The van der Waals surface area contributed by atoms with Crippen LogP contribution in [0, 0.1) is 5.92 Å². The predicted octanol–water partition coefficient (Wildman–Crippen LogP) is 3.16. The molecule has 2 atom stereocenters. The quantitative estimate of drug-likeness (QED) is 0.844. The van der Waals surface area contributed by atoms with Gasteiger partial charge in [-0.1, -0.05) is 31.1 Å². The minimum absolute atomic E-state index is 0.0171. The SMILES string of the molecule is O=C1NC(=S)C2CCCCC2N1Cc1cccs1. The van der Waals surface area contributed by atoms with E-state index in [9.17, 15) is 4.79 Å². The number of carbonyl (C=O) groups is 1. The molecule has 0 bridgehead atoms. The number of carbonyl (C=O) groups excluding carboxylic acids is 1. The van der Waals surface area contributed by atoms with Crippen molar-refractivity contribution in [1.29, 1.82) is 0 Å². The first-order valence-corrected chi connectivity index (χ1v) is 7.68. The second-order valence-electron chi connectivity index (χ2n) is 4.96. The van der Waals surface area contributed by atoms with Crippen molar-refractivity contribution >= 4 is 34.6 Å². The summed E-state index contributed by atoms with van der Waals surface area (Å²) in [5.41, 5.74) is 0. The number of nitrogens with one attached hydrogen (secondary N) is 1. The maximum Gasteiger partial charge on any atom is 0.322 e. The van der Waals surface area contributed by atoms with Crippen LogP contribution in [0.5, 0.6) is 0 Å². The number of fused-ring (bicyclic) bond motifs is 1. The molecule has 2 fully saturated rings. The van der Waals surface area contributed by atoms with Crippen LogP contribution in [-0.2, 0) is 6.54 Å². The Morgan fingerprint density at radius 2 is 2.28 bits per heavy atom. The number of rotatable bonds is 2. The number of hydrogen-bond acceptors (Lipinski definition) is 3. The fraction of sp³-hybridized carbons (Fsp3) is 0.538. The van der Waals surface area contributed by atoms with E-state index in [1.54, 1.807) is 11.3 Å². The molecule has 1 aromatic rings. The van der Waals surface area contributed by atoms with Gasteiger partial charge in [0.2, 0.25) is 0 Å². The van der Waals surface area contributed by atoms with Crippen molar-refractivity contribution in [1.82, 2.24) is 10.2 Å². The van der Waals surface area contributed by atoms with Crippen LogP contribution < -0.4 is 5.32 Å². The minimum Gasteiger partial charge on any atom is -0.316 e. The molecule has 0 aromatic carbocycles. The summed E-state index contributed by atoms with van der Waals surface area (Å²) >= 11 is 7.03. The van der Waals surface area contributed by atoms with Gasteiger partial charge in [-0.2, -0.15) is 0 Å².